The summed E-state index contributed by atoms with van der Waals surface area (Å²) < 4.78 is 7.87. The summed E-state index contributed by atoms with van der Waals surface area (Å²) in [5.74, 6) is 2.52. The monoisotopic (exact) mass is 377 g/mol. The Hall–Kier alpha value is -2.82. The average molecular weight is 377 g/mol. The summed E-state index contributed by atoms with van der Waals surface area (Å²) in [6.45, 7) is 6.67. The molecule has 28 heavy (non-hydrogen) atoms. The molecular formula is C23H27N3O2. The number of aromatic nitrogens is 2. The second-order valence-corrected chi connectivity index (χ2v) is 7.84. The van der Waals surface area contributed by atoms with E-state index in [1.807, 2.05) is 30.3 Å². The summed E-state index contributed by atoms with van der Waals surface area (Å²) in [5, 5.41) is 3.04. The molecule has 1 amide bonds. The number of carbonyl (C=O) groups is 1. The van der Waals surface area contributed by atoms with Crippen LogP contribution in [0.1, 0.15) is 30.8 Å². The predicted octanol–water partition coefficient (Wildman–Crippen LogP) is 3.53. The van der Waals surface area contributed by atoms with Gasteiger partial charge < -0.3 is 14.6 Å². The standard InChI is InChI=1S/C23H27N3O2/c1-16(2)15-26-20-6-4-3-5-19(20)25-22(26)9-11-24-23(27)14-17-7-8-18-10-12-28-21(18)13-17/h3-8,13,16H,9-12,14-15H2,1-2H3,(H,24,27). The quantitative estimate of drug-likeness (QED) is 0.685. The van der Waals surface area contributed by atoms with E-state index in [1.165, 1.54) is 5.56 Å². The number of benzene rings is 2. The van der Waals surface area contributed by atoms with Crippen molar-refractivity contribution in [2.75, 3.05) is 13.2 Å². The summed E-state index contributed by atoms with van der Waals surface area (Å²) in [6, 6.07) is 14.3. The van der Waals surface area contributed by atoms with Crippen LogP contribution >= 0.6 is 0 Å². The molecule has 5 heteroatoms. The summed E-state index contributed by atoms with van der Waals surface area (Å²) in [6.07, 6.45) is 2.05. The first-order chi connectivity index (χ1) is 13.6. The van der Waals surface area contributed by atoms with Crippen LogP contribution in [0, 0.1) is 5.92 Å². The van der Waals surface area contributed by atoms with Crippen LogP contribution in [0.3, 0.4) is 0 Å². The van der Waals surface area contributed by atoms with Gasteiger partial charge in [-0.15, -0.1) is 0 Å². The molecule has 0 saturated heterocycles. The minimum atomic E-state index is 0.0319. The fourth-order valence-corrected chi connectivity index (χ4v) is 3.77. The maximum atomic E-state index is 12.4. The van der Waals surface area contributed by atoms with Gasteiger partial charge in [-0.1, -0.05) is 38.1 Å². The zero-order chi connectivity index (χ0) is 19.5. The molecule has 0 bridgehead atoms. The molecule has 5 nitrogen and oxygen atoms in total. The lowest BCUT2D eigenvalue weighted by Crippen LogP contribution is -2.28. The van der Waals surface area contributed by atoms with Gasteiger partial charge in [-0.3, -0.25) is 4.79 Å². The van der Waals surface area contributed by atoms with E-state index >= 15 is 0 Å². The minimum absolute atomic E-state index is 0.0319. The average Bonchev–Trinajstić information content (AvgIpc) is 3.26. The van der Waals surface area contributed by atoms with Crippen LogP contribution in [0.2, 0.25) is 0 Å². The first-order valence-electron chi connectivity index (χ1n) is 10.1. The van der Waals surface area contributed by atoms with Crippen LogP contribution < -0.4 is 10.1 Å². The molecule has 0 saturated carbocycles. The van der Waals surface area contributed by atoms with E-state index in [-0.39, 0.29) is 5.91 Å². The normalized spacial score (nSPS) is 13.0. The van der Waals surface area contributed by atoms with E-state index in [4.69, 9.17) is 9.72 Å². The van der Waals surface area contributed by atoms with Gasteiger partial charge in [0.05, 0.1) is 24.1 Å². The molecule has 146 valence electrons. The largest absolute Gasteiger partial charge is 0.493 e. The maximum absolute atomic E-state index is 12.4. The summed E-state index contributed by atoms with van der Waals surface area (Å²) in [4.78, 5) is 17.1. The van der Waals surface area contributed by atoms with Crippen LogP contribution in [0.15, 0.2) is 42.5 Å². The van der Waals surface area contributed by atoms with Crippen molar-refractivity contribution in [1.82, 2.24) is 14.9 Å². The Morgan fingerprint density at radius 3 is 2.96 bits per heavy atom. The Kier molecular flexibility index (Phi) is 5.33. The molecule has 0 unspecified atom stereocenters. The Morgan fingerprint density at radius 1 is 1.25 bits per heavy atom. The third-order valence-electron chi connectivity index (χ3n) is 5.08. The lowest BCUT2D eigenvalue weighted by Gasteiger charge is -2.12. The van der Waals surface area contributed by atoms with E-state index in [1.54, 1.807) is 0 Å². The molecule has 0 atom stereocenters. The second kappa shape index (κ2) is 8.05. The van der Waals surface area contributed by atoms with Crippen molar-refractivity contribution >= 4 is 16.9 Å². The molecule has 4 rings (SSSR count). The van der Waals surface area contributed by atoms with E-state index in [2.05, 4.69) is 35.9 Å². The highest BCUT2D eigenvalue weighted by atomic mass is 16.5. The number of carbonyl (C=O) groups excluding carboxylic acids is 1. The van der Waals surface area contributed by atoms with E-state index in [0.717, 1.165) is 54.2 Å². The van der Waals surface area contributed by atoms with Gasteiger partial charge in [0.15, 0.2) is 0 Å². The fraction of sp³-hybridized carbons (Fsp3) is 0.391. The Morgan fingerprint density at radius 2 is 2.11 bits per heavy atom. The van der Waals surface area contributed by atoms with E-state index < -0.39 is 0 Å². The Balaban J connectivity index is 1.37. The summed E-state index contributed by atoms with van der Waals surface area (Å²) in [7, 11) is 0. The number of rotatable bonds is 7. The summed E-state index contributed by atoms with van der Waals surface area (Å²) in [5.41, 5.74) is 4.40. The van der Waals surface area contributed by atoms with Crippen LogP contribution in [0.25, 0.3) is 11.0 Å². The molecule has 1 N–H and O–H groups in total. The van der Waals surface area contributed by atoms with Crippen LogP contribution in [0.4, 0.5) is 0 Å². The highest BCUT2D eigenvalue weighted by Gasteiger charge is 2.14. The van der Waals surface area contributed by atoms with Gasteiger partial charge in [0, 0.05) is 25.9 Å². The fourth-order valence-electron chi connectivity index (χ4n) is 3.77. The maximum Gasteiger partial charge on any atom is 0.224 e. The van der Waals surface area contributed by atoms with Crippen LogP contribution in [-0.4, -0.2) is 28.6 Å². The number of hydrogen-bond acceptors (Lipinski definition) is 3. The number of ether oxygens (including phenoxy) is 1. The molecule has 0 fully saturated rings. The van der Waals surface area contributed by atoms with Gasteiger partial charge in [-0.2, -0.15) is 0 Å². The van der Waals surface area contributed by atoms with E-state index in [9.17, 15) is 4.79 Å². The zero-order valence-electron chi connectivity index (χ0n) is 16.6. The van der Waals surface area contributed by atoms with Gasteiger partial charge >= 0.3 is 0 Å². The molecule has 3 aromatic rings. The van der Waals surface area contributed by atoms with Crippen LogP contribution in [0.5, 0.6) is 5.75 Å². The van der Waals surface area contributed by atoms with Crippen molar-refractivity contribution < 1.29 is 9.53 Å². The number of nitrogens with one attached hydrogen (secondary N) is 1. The smallest absolute Gasteiger partial charge is 0.224 e. The number of hydrogen-bond donors (Lipinski definition) is 1. The first-order valence-corrected chi connectivity index (χ1v) is 10.1. The van der Waals surface area contributed by atoms with Gasteiger partial charge in [0.1, 0.15) is 11.6 Å². The lowest BCUT2D eigenvalue weighted by atomic mass is 10.1. The second-order valence-electron chi connectivity index (χ2n) is 7.84. The third kappa shape index (κ3) is 4.03. The number of imidazole rings is 1. The van der Waals surface area contributed by atoms with Crippen molar-refractivity contribution in [3.63, 3.8) is 0 Å². The molecule has 1 aromatic heterocycles. The number of nitrogens with zero attached hydrogens (tertiary/aromatic N) is 2. The number of para-hydroxylation sites is 2. The summed E-state index contributed by atoms with van der Waals surface area (Å²) >= 11 is 0. The predicted molar refractivity (Wildman–Crippen MR) is 111 cm³/mol. The van der Waals surface area contributed by atoms with Crippen molar-refractivity contribution in [2.24, 2.45) is 5.92 Å². The van der Waals surface area contributed by atoms with Gasteiger partial charge in [0.25, 0.3) is 0 Å². The number of amides is 1. The minimum Gasteiger partial charge on any atom is -0.493 e. The number of fused-ring (bicyclic) bond motifs is 2. The van der Waals surface area contributed by atoms with Gasteiger partial charge in [-0.05, 0) is 35.2 Å². The SMILES string of the molecule is CC(C)Cn1c(CCNC(=O)Cc2ccc3c(c2)OCC3)nc2ccccc21. The molecule has 0 aliphatic carbocycles. The molecular weight excluding hydrogens is 350 g/mol. The van der Waals surface area contributed by atoms with Crippen molar-refractivity contribution in [3.8, 4) is 5.75 Å². The third-order valence-corrected chi connectivity index (χ3v) is 5.08. The molecule has 0 spiro atoms. The van der Waals surface area contributed by atoms with Gasteiger partial charge in [0.2, 0.25) is 5.91 Å². The van der Waals surface area contributed by atoms with Crippen LogP contribution in [-0.2, 0) is 30.6 Å². The molecule has 2 aromatic carbocycles. The van der Waals surface area contributed by atoms with Crippen molar-refractivity contribution in [3.05, 3.63) is 59.4 Å². The zero-order valence-corrected chi connectivity index (χ0v) is 16.6. The Bertz CT molecular complexity index is 991. The van der Waals surface area contributed by atoms with Gasteiger partial charge in [-0.25, -0.2) is 4.98 Å². The first kappa shape index (κ1) is 18.5. The molecule has 0 radical (unpaired) electrons. The van der Waals surface area contributed by atoms with Crippen molar-refractivity contribution in [1.29, 1.82) is 0 Å². The molecule has 1 aliphatic rings. The van der Waals surface area contributed by atoms with E-state index in [0.29, 0.717) is 18.9 Å². The molecule has 1 aliphatic heterocycles. The topological polar surface area (TPSA) is 56.2 Å². The highest BCUT2D eigenvalue weighted by molar-refractivity contribution is 5.79. The molecule has 2 heterocycles. The van der Waals surface area contributed by atoms with Crippen molar-refractivity contribution in [2.45, 2.75) is 39.7 Å². The Labute approximate surface area is 165 Å². The lowest BCUT2D eigenvalue weighted by molar-refractivity contribution is -0.120. The highest BCUT2D eigenvalue weighted by Crippen LogP contribution is 2.26.